The zero-order valence-corrected chi connectivity index (χ0v) is 18.4. The lowest BCUT2D eigenvalue weighted by Gasteiger charge is -2.41. The summed E-state index contributed by atoms with van der Waals surface area (Å²) in [4.78, 5) is 9.41. The molecule has 0 aliphatic carbocycles. The molecule has 0 aromatic carbocycles. The van der Waals surface area contributed by atoms with E-state index in [1.54, 1.807) is 11.3 Å². The smallest absolute Gasteiger partial charge is 0.191 e. The van der Waals surface area contributed by atoms with Crippen LogP contribution in [0.3, 0.4) is 0 Å². The first-order chi connectivity index (χ1) is 13.0. The highest BCUT2D eigenvalue weighted by molar-refractivity contribution is 7.07. The molecule has 1 unspecified atom stereocenters. The van der Waals surface area contributed by atoms with E-state index in [9.17, 15) is 0 Å². The predicted octanol–water partition coefficient (Wildman–Crippen LogP) is 2.41. The Labute approximate surface area is 169 Å². The lowest BCUT2D eigenvalue weighted by atomic mass is 10.0. The Morgan fingerprint density at radius 3 is 2.56 bits per heavy atom. The molecule has 1 atom stereocenters. The van der Waals surface area contributed by atoms with Crippen LogP contribution in [-0.2, 0) is 4.74 Å². The fraction of sp³-hybridized carbons (Fsp3) is 0.750. The third-order valence-electron chi connectivity index (χ3n) is 5.42. The summed E-state index contributed by atoms with van der Waals surface area (Å²) in [5, 5.41) is 11.5. The maximum atomic E-state index is 5.48. The number of nitrogens with one attached hydrogen (secondary N) is 2. The number of nitrogens with zero attached hydrogens (tertiary/aromatic N) is 3. The van der Waals surface area contributed by atoms with Crippen molar-refractivity contribution in [1.82, 2.24) is 20.4 Å². The highest BCUT2D eigenvalue weighted by Gasteiger charge is 2.28. The Kier molecular flexibility index (Phi) is 9.02. The maximum Gasteiger partial charge on any atom is 0.191 e. The molecule has 0 bridgehead atoms. The van der Waals surface area contributed by atoms with E-state index >= 15 is 0 Å². The quantitative estimate of drug-likeness (QED) is 0.497. The Bertz CT molecular complexity index is 551. The van der Waals surface area contributed by atoms with E-state index in [2.05, 4.69) is 69.9 Å². The summed E-state index contributed by atoms with van der Waals surface area (Å²) in [6.07, 6.45) is 0. The summed E-state index contributed by atoms with van der Waals surface area (Å²) < 4.78 is 5.48. The minimum Gasteiger partial charge on any atom is -0.379 e. The van der Waals surface area contributed by atoms with Crippen molar-refractivity contribution >= 4 is 17.3 Å². The van der Waals surface area contributed by atoms with Gasteiger partial charge in [0, 0.05) is 38.8 Å². The van der Waals surface area contributed by atoms with Crippen LogP contribution in [0.25, 0.3) is 0 Å². The van der Waals surface area contributed by atoms with Gasteiger partial charge in [-0.15, -0.1) is 0 Å². The van der Waals surface area contributed by atoms with Gasteiger partial charge in [0.25, 0.3) is 0 Å². The molecule has 1 aliphatic heterocycles. The molecule has 7 heteroatoms. The molecular formula is C20H37N5OS. The van der Waals surface area contributed by atoms with Crippen LogP contribution < -0.4 is 10.6 Å². The van der Waals surface area contributed by atoms with Gasteiger partial charge in [0.05, 0.1) is 19.3 Å². The maximum absolute atomic E-state index is 5.48. The molecule has 2 rings (SSSR count). The van der Waals surface area contributed by atoms with Gasteiger partial charge in [0.2, 0.25) is 0 Å². The zero-order chi connectivity index (χ0) is 19.7. The molecule has 1 aromatic rings. The van der Waals surface area contributed by atoms with E-state index in [0.29, 0.717) is 6.04 Å². The number of hydrogen-bond donors (Lipinski definition) is 2. The molecule has 0 amide bonds. The van der Waals surface area contributed by atoms with E-state index in [0.717, 1.165) is 58.4 Å². The van der Waals surface area contributed by atoms with Crippen LogP contribution in [0.5, 0.6) is 0 Å². The summed E-state index contributed by atoms with van der Waals surface area (Å²) in [7, 11) is 1.84. The van der Waals surface area contributed by atoms with Crippen molar-refractivity contribution in [2.45, 2.75) is 39.3 Å². The molecule has 0 radical (unpaired) electrons. The van der Waals surface area contributed by atoms with Crippen LogP contribution in [0.4, 0.5) is 0 Å². The average Bonchev–Trinajstić information content (AvgIpc) is 3.22. The topological polar surface area (TPSA) is 52.1 Å². The van der Waals surface area contributed by atoms with E-state index in [4.69, 9.17) is 4.74 Å². The standard InChI is InChI=1S/C20H37N5OS/c1-6-24(7-2)18(17-8-13-27-15-17)14-22-19(21-5)23-16-20(3,4)25-9-11-26-12-10-25/h8,13,15,18H,6-7,9-12,14,16H2,1-5H3,(H2,21,22,23). The third kappa shape index (κ3) is 6.45. The van der Waals surface area contributed by atoms with Crippen LogP contribution >= 0.6 is 11.3 Å². The SMILES string of the molecule is CCN(CC)C(CNC(=NC)NCC(C)(C)N1CCOCC1)c1ccsc1. The molecule has 1 aromatic heterocycles. The van der Waals surface area contributed by atoms with Crippen molar-refractivity contribution in [3.8, 4) is 0 Å². The van der Waals surface area contributed by atoms with Gasteiger partial charge in [0.1, 0.15) is 0 Å². The van der Waals surface area contributed by atoms with E-state index in [-0.39, 0.29) is 5.54 Å². The molecule has 1 aliphatic rings. The first-order valence-corrected chi connectivity index (χ1v) is 11.0. The van der Waals surface area contributed by atoms with Crippen LogP contribution in [0.2, 0.25) is 0 Å². The van der Waals surface area contributed by atoms with Crippen LogP contribution in [0.15, 0.2) is 21.8 Å². The Hall–Kier alpha value is -1.15. The second kappa shape index (κ2) is 11.0. The molecule has 0 spiro atoms. The zero-order valence-electron chi connectivity index (χ0n) is 17.6. The van der Waals surface area contributed by atoms with E-state index in [1.165, 1.54) is 5.56 Å². The molecule has 154 valence electrons. The van der Waals surface area contributed by atoms with Crippen molar-refractivity contribution in [2.24, 2.45) is 4.99 Å². The third-order valence-corrected chi connectivity index (χ3v) is 6.12. The minimum atomic E-state index is 0.0625. The molecular weight excluding hydrogens is 358 g/mol. The molecule has 6 nitrogen and oxygen atoms in total. The number of aliphatic imine (C=N–C) groups is 1. The number of rotatable bonds is 9. The molecule has 27 heavy (non-hydrogen) atoms. The van der Waals surface area contributed by atoms with Crippen molar-refractivity contribution in [3.63, 3.8) is 0 Å². The van der Waals surface area contributed by atoms with Crippen LogP contribution in [0, 0.1) is 0 Å². The predicted molar refractivity (Wildman–Crippen MR) is 116 cm³/mol. The minimum absolute atomic E-state index is 0.0625. The Morgan fingerprint density at radius 1 is 1.30 bits per heavy atom. The number of likely N-dealkylation sites (N-methyl/N-ethyl adjacent to an activating group) is 1. The number of guanidine groups is 1. The Morgan fingerprint density at radius 2 is 2.00 bits per heavy atom. The number of ether oxygens (including phenoxy) is 1. The normalized spacial score (nSPS) is 17.9. The van der Waals surface area contributed by atoms with Gasteiger partial charge in [-0.3, -0.25) is 14.8 Å². The first-order valence-electron chi connectivity index (χ1n) is 10.0. The fourth-order valence-electron chi connectivity index (χ4n) is 3.58. The van der Waals surface area contributed by atoms with Gasteiger partial charge in [0.15, 0.2) is 5.96 Å². The molecule has 2 heterocycles. The second-order valence-electron chi connectivity index (χ2n) is 7.51. The Balaban J connectivity index is 1.91. The van der Waals surface area contributed by atoms with Gasteiger partial charge in [-0.2, -0.15) is 11.3 Å². The monoisotopic (exact) mass is 395 g/mol. The summed E-state index contributed by atoms with van der Waals surface area (Å²) in [5.74, 6) is 0.865. The number of morpholine rings is 1. The summed E-state index contributed by atoms with van der Waals surface area (Å²) in [5.41, 5.74) is 1.44. The fourth-order valence-corrected chi connectivity index (χ4v) is 4.29. The number of hydrogen-bond acceptors (Lipinski definition) is 5. The molecule has 0 saturated carbocycles. The van der Waals surface area contributed by atoms with Gasteiger partial charge in [-0.1, -0.05) is 13.8 Å². The highest BCUT2D eigenvalue weighted by Crippen LogP contribution is 2.22. The highest BCUT2D eigenvalue weighted by atomic mass is 32.1. The van der Waals surface area contributed by atoms with Gasteiger partial charge >= 0.3 is 0 Å². The second-order valence-corrected chi connectivity index (χ2v) is 8.29. The largest absolute Gasteiger partial charge is 0.379 e. The van der Waals surface area contributed by atoms with Crippen molar-refractivity contribution in [3.05, 3.63) is 22.4 Å². The molecule has 1 saturated heterocycles. The molecule has 1 fully saturated rings. The summed E-state index contributed by atoms with van der Waals surface area (Å²) >= 11 is 1.76. The first kappa shape index (κ1) is 22.1. The van der Waals surface area contributed by atoms with Crippen LogP contribution in [-0.4, -0.2) is 80.8 Å². The van der Waals surface area contributed by atoms with Crippen molar-refractivity contribution in [2.75, 3.05) is 59.5 Å². The van der Waals surface area contributed by atoms with Crippen molar-refractivity contribution < 1.29 is 4.74 Å². The molecule has 2 N–H and O–H groups in total. The number of thiophene rings is 1. The van der Waals surface area contributed by atoms with Gasteiger partial charge in [-0.25, -0.2) is 0 Å². The van der Waals surface area contributed by atoms with E-state index in [1.807, 2.05) is 7.05 Å². The lowest BCUT2D eigenvalue weighted by molar-refractivity contribution is -0.00834. The van der Waals surface area contributed by atoms with Crippen molar-refractivity contribution in [1.29, 1.82) is 0 Å². The lowest BCUT2D eigenvalue weighted by Crippen LogP contribution is -2.56. The summed E-state index contributed by atoms with van der Waals surface area (Å²) in [6.45, 7) is 16.4. The average molecular weight is 396 g/mol. The van der Waals surface area contributed by atoms with Crippen LogP contribution in [0.1, 0.15) is 39.3 Å². The van der Waals surface area contributed by atoms with Gasteiger partial charge < -0.3 is 15.4 Å². The van der Waals surface area contributed by atoms with Gasteiger partial charge in [-0.05, 0) is 49.3 Å². The summed E-state index contributed by atoms with van der Waals surface area (Å²) in [6, 6.07) is 2.59. The van der Waals surface area contributed by atoms with E-state index < -0.39 is 0 Å².